The van der Waals surface area contributed by atoms with Crippen LogP contribution in [-0.4, -0.2) is 50.2 Å². The van der Waals surface area contributed by atoms with Crippen molar-refractivity contribution in [2.75, 3.05) is 0 Å². The molecule has 44 heavy (non-hydrogen) atoms. The van der Waals surface area contributed by atoms with Crippen LogP contribution in [0.15, 0.2) is 143 Å². The molecule has 4 aromatic carbocycles. The summed E-state index contributed by atoms with van der Waals surface area (Å²) in [5.41, 5.74) is 0.681. The smallest absolute Gasteiger partial charge is 0.410 e. The number of ketones is 1. The molecule has 0 N–H and O–H groups in total. The Kier molecular flexibility index (Phi) is 7.96. The van der Waals surface area contributed by atoms with Crippen molar-refractivity contribution in [2.45, 2.75) is 45.2 Å². The molecule has 1 fully saturated rings. The Morgan fingerprint density at radius 1 is 0.682 bits per heavy atom. The highest BCUT2D eigenvalue weighted by Gasteiger charge is 2.57. The highest BCUT2D eigenvalue weighted by Crippen LogP contribution is 2.45. The van der Waals surface area contributed by atoms with E-state index in [2.05, 4.69) is 0 Å². The molecule has 10 heteroatoms. The van der Waals surface area contributed by atoms with E-state index in [1.807, 2.05) is 0 Å². The van der Waals surface area contributed by atoms with Gasteiger partial charge < -0.3 is 4.74 Å². The molecule has 1 aliphatic carbocycles. The fraction of sp³-hybridized carbons (Fsp3) is 0.176. The van der Waals surface area contributed by atoms with Crippen molar-refractivity contribution in [1.82, 2.24) is 4.90 Å². The molecule has 0 saturated carbocycles. The number of nitrogens with zero attached hydrogens (tertiary/aromatic N) is 1. The van der Waals surface area contributed by atoms with E-state index in [4.69, 9.17) is 4.74 Å². The van der Waals surface area contributed by atoms with Crippen LogP contribution < -0.4 is 4.74 Å². The van der Waals surface area contributed by atoms with Gasteiger partial charge in [-0.05, 0) is 48.4 Å². The minimum atomic E-state index is -4.46. The molecule has 0 unspecified atom stereocenters. The van der Waals surface area contributed by atoms with Gasteiger partial charge in [0.2, 0.25) is 0 Å². The van der Waals surface area contributed by atoms with Crippen LogP contribution >= 0.6 is 0 Å². The third kappa shape index (κ3) is 5.35. The molecule has 0 radical (unpaired) electrons. The van der Waals surface area contributed by atoms with Crippen molar-refractivity contribution in [1.29, 1.82) is 0 Å². The fourth-order valence-corrected chi connectivity index (χ4v) is 10.7. The molecular formula is C34H29NO7S2. The molecule has 4 atom stereocenters. The zero-order chi connectivity index (χ0) is 30.9. The number of sulfone groups is 2. The van der Waals surface area contributed by atoms with E-state index < -0.39 is 48.4 Å². The summed E-state index contributed by atoms with van der Waals surface area (Å²) in [5.74, 6) is -0.130. The molecule has 1 saturated heterocycles. The van der Waals surface area contributed by atoms with Gasteiger partial charge in [0, 0.05) is 12.0 Å². The number of hydrogen-bond acceptors (Lipinski definition) is 7. The van der Waals surface area contributed by atoms with Crippen molar-refractivity contribution in [3.8, 4) is 5.75 Å². The van der Waals surface area contributed by atoms with E-state index in [1.54, 1.807) is 97.1 Å². The Labute approximate surface area is 256 Å². The van der Waals surface area contributed by atoms with Gasteiger partial charge in [-0.15, -0.1) is 0 Å². The van der Waals surface area contributed by atoms with Crippen LogP contribution in [0.3, 0.4) is 0 Å². The van der Waals surface area contributed by atoms with Gasteiger partial charge in [0.05, 0.1) is 27.1 Å². The minimum absolute atomic E-state index is 0.0460. The number of likely N-dealkylation sites (tertiary alicyclic amines) is 1. The average molecular weight is 628 g/mol. The van der Waals surface area contributed by atoms with Crippen LogP contribution in [0, 0.1) is 0 Å². The van der Waals surface area contributed by atoms with Crippen molar-refractivity contribution in [2.24, 2.45) is 0 Å². The summed E-state index contributed by atoms with van der Waals surface area (Å²) in [4.78, 5) is 29.1. The van der Waals surface area contributed by atoms with Gasteiger partial charge in [-0.2, -0.15) is 0 Å². The monoisotopic (exact) mass is 627 g/mol. The summed E-state index contributed by atoms with van der Waals surface area (Å²) in [7, 11) is -8.74. The summed E-state index contributed by atoms with van der Waals surface area (Å²) in [6, 6.07) is 29.9. The Bertz CT molecular complexity index is 1910. The van der Waals surface area contributed by atoms with E-state index in [0.717, 1.165) is 0 Å². The van der Waals surface area contributed by atoms with Gasteiger partial charge in [0.15, 0.2) is 25.5 Å². The Morgan fingerprint density at radius 3 is 1.75 bits per heavy atom. The Balaban J connectivity index is 1.58. The van der Waals surface area contributed by atoms with Crippen LogP contribution in [0.5, 0.6) is 5.75 Å². The van der Waals surface area contributed by atoms with E-state index >= 15 is 0 Å². The lowest BCUT2D eigenvalue weighted by Crippen LogP contribution is -2.62. The normalized spacial score (nSPS) is 22.0. The van der Waals surface area contributed by atoms with Gasteiger partial charge in [0.1, 0.15) is 11.0 Å². The number of Topliss-reactive ketones (excluding diaryl/α,β-unsaturated/α-hetero) is 1. The van der Waals surface area contributed by atoms with Crippen LogP contribution in [-0.2, 0) is 24.5 Å². The van der Waals surface area contributed by atoms with Crippen LogP contribution in [0.2, 0.25) is 0 Å². The molecular weight excluding hydrogens is 599 g/mol. The number of benzene rings is 4. The second-order valence-corrected chi connectivity index (χ2v) is 15.0. The number of amides is 1. The fourth-order valence-electron chi connectivity index (χ4n) is 6.11. The Hall–Kier alpha value is -4.54. The molecule has 1 amide bonds. The van der Waals surface area contributed by atoms with Gasteiger partial charge in [-0.25, -0.2) is 21.6 Å². The lowest BCUT2D eigenvalue weighted by molar-refractivity contribution is -0.119. The molecule has 1 heterocycles. The summed E-state index contributed by atoms with van der Waals surface area (Å²) >= 11 is 0. The number of allylic oxidation sites excluding steroid dienone is 1. The highest BCUT2D eigenvalue weighted by molar-refractivity contribution is 7.96. The summed E-state index contributed by atoms with van der Waals surface area (Å²) in [6.45, 7) is 0. The topological polar surface area (TPSA) is 115 Å². The molecule has 2 aliphatic rings. The Morgan fingerprint density at radius 2 is 1.18 bits per heavy atom. The van der Waals surface area contributed by atoms with Crippen LogP contribution in [0.25, 0.3) is 0 Å². The SMILES string of the molecule is O=C1C[C@H](c2ccccc2)N(C(=O)Oc2ccccc2)[C@@H]2C1=CC[C@H](S(=O)(=O)c1ccccc1)[C@@H]2S(=O)(=O)c1ccccc1. The average Bonchev–Trinajstić information content (AvgIpc) is 3.05. The van der Waals surface area contributed by atoms with Crippen molar-refractivity contribution in [3.63, 3.8) is 0 Å². The van der Waals surface area contributed by atoms with E-state index in [1.165, 1.54) is 35.2 Å². The third-order valence-electron chi connectivity index (χ3n) is 8.15. The minimum Gasteiger partial charge on any atom is -0.410 e. The maximum absolute atomic E-state index is 14.6. The molecule has 1 aliphatic heterocycles. The zero-order valence-electron chi connectivity index (χ0n) is 23.5. The maximum Gasteiger partial charge on any atom is 0.416 e. The summed E-state index contributed by atoms with van der Waals surface area (Å²) in [6.07, 6.45) is 0.256. The largest absolute Gasteiger partial charge is 0.416 e. The molecule has 0 aromatic heterocycles. The quantitative estimate of drug-likeness (QED) is 0.274. The third-order valence-corrected chi connectivity index (χ3v) is 12.8. The molecule has 4 aromatic rings. The maximum atomic E-state index is 14.6. The first-order valence-corrected chi connectivity index (χ1v) is 17.2. The molecule has 0 spiro atoms. The lowest BCUT2D eigenvalue weighted by Gasteiger charge is -2.48. The number of carbonyl (C=O) groups is 2. The first-order valence-electron chi connectivity index (χ1n) is 14.1. The highest BCUT2D eigenvalue weighted by atomic mass is 32.2. The first-order chi connectivity index (χ1) is 21.2. The molecule has 8 nitrogen and oxygen atoms in total. The number of ether oxygens (including phenoxy) is 1. The second kappa shape index (κ2) is 11.9. The van der Waals surface area contributed by atoms with Gasteiger partial charge in [-0.1, -0.05) is 91.0 Å². The predicted molar refractivity (Wildman–Crippen MR) is 164 cm³/mol. The number of para-hydroxylation sites is 1. The van der Waals surface area contributed by atoms with Crippen LogP contribution in [0.1, 0.15) is 24.4 Å². The van der Waals surface area contributed by atoms with Gasteiger partial charge >= 0.3 is 6.09 Å². The van der Waals surface area contributed by atoms with E-state index in [-0.39, 0.29) is 39.7 Å². The van der Waals surface area contributed by atoms with Crippen molar-refractivity contribution >= 4 is 31.6 Å². The standard InChI is InChI=1S/C34H29NO7S2/c36-30-23-29(24-13-5-1-6-14-24)35(34(37)42-25-15-7-2-8-16-25)32-28(30)21-22-31(43(38,39)26-17-9-3-10-18-26)33(32)44(40,41)27-19-11-4-12-20-27/h1-21,29,31-33H,22-23H2/t29-,31+,32-,33+/m1/s1. The van der Waals surface area contributed by atoms with E-state index in [0.29, 0.717) is 5.56 Å². The zero-order valence-corrected chi connectivity index (χ0v) is 25.1. The molecule has 224 valence electrons. The molecule has 0 bridgehead atoms. The number of carbonyl (C=O) groups excluding carboxylic acids is 2. The van der Waals surface area contributed by atoms with E-state index in [9.17, 15) is 26.4 Å². The summed E-state index contributed by atoms with van der Waals surface area (Å²) < 4.78 is 63.5. The number of hydrogen-bond donors (Lipinski definition) is 0. The second-order valence-electron chi connectivity index (χ2n) is 10.7. The van der Waals surface area contributed by atoms with Gasteiger partial charge in [-0.3, -0.25) is 9.69 Å². The van der Waals surface area contributed by atoms with Crippen molar-refractivity contribution < 1.29 is 31.2 Å². The number of piperidine rings is 1. The summed E-state index contributed by atoms with van der Waals surface area (Å²) in [5, 5.41) is -3.22. The number of rotatable bonds is 6. The van der Waals surface area contributed by atoms with Crippen LogP contribution in [0.4, 0.5) is 4.79 Å². The lowest BCUT2D eigenvalue weighted by atomic mass is 9.80. The molecule has 6 rings (SSSR count). The van der Waals surface area contributed by atoms with Crippen molar-refractivity contribution in [3.05, 3.63) is 139 Å². The number of fused-ring (bicyclic) bond motifs is 1. The first kappa shape index (κ1) is 29.5. The predicted octanol–water partition coefficient (Wildman–Crippen LogP) is 5.59. The van der Waals surface area contributed by atoms with Gasteiger partial charge in [0.25, 0.3) is 0 Å².